The maximum Gasteiger partial charge on any atom is 0.435 e. The monoisotopic (exact) mass is 422 g/mol. The summed E-state index contributed by atoms with van der Waals surface area (Å²) < 4.78 is 106. The molecule has 154 valence electrons. The first-order chi connectivity index (χ1) is 12.1. The summed E-state index contributed by atoms with van der Waals surface area (Å²) in [6, 6.07) is 0.579. The van der Waals surface area contributed by atoms with Crippen LogP contribution in [-0.4, -0.2) is 33.4 Å². The predicted octanol–water partition coefficient (Wildman–Crippen LogP) is 5.00. The lowest BCUT2D eigenvalue weighted by Crippen LogP contribution is -2.51. The summed E-state index contributed by atoms with van der Waals surface area (Å²) in [5.41, 5.74) is -8.82. The van der Waals surface area contributed by atoms with Gasteiger partial charge in [0.2, 0.25) is 0 Å². The molecule has 1 aromatic rings. The van der Waals surface area contributed by atoms with Gasteiger partial charge in [0.25, 0.3) is 0 Å². The Morgan fingerprint density at radius 2 is 1.56 bits per heavy atom. The average Bonchev–Trinajstić information content (AvgIpc) is 2.49. The van der Waals surface area contributed by atoms with Gasteiger partial charge >= 0.3 is 24.0 Å². The maximum atomic E-state index is 14.6. The van der Waals surface area contributed by atoms with Crippen LogP contribution in [0.4, 0.5) is 30.7 Å². The molecule has 3 nitrogen and oxygen atoms in total. The summed E-state index contributed by atoms with van der Waals surface area (Å²) in [6.45, 7) is 4.30. The van der Waals surface area contributed by atoms with Gasteiger partial charge in [-0.1, -0.05) is 26.8 Å². The highest BCUT2D eigenvalue weighted by Gasteiger charge is 2.74. The molecule has 1 rings (SSSR count). The van der Waals surface area contributed by atoms with Crippen molar-refractivity contribution in [2.75, 3.05) is 5.75 Å². The SMILES string of the molecule is CCc1c(C(=O)O)ccc(C(F)(C(F)(F)F)C(F)(F)F)c1S(=O)CC(C)C. The topological polar surface area (TPSA) is 54.4 Å². The van der Waals surface area contributed by atoms with Crippen LogP contribution in [0.2, 0.25) is 0 Å². The molecule has 0 saturated heterocycles. The van der Waals surface area contributed by atoms with E-state index in [9.17, 15) is 39.7 Å². The molecule has 27 heavy (non-hydrogen) atoms. The normalized spacial score (nSPS) is 14.5. The maximum absolute atomic E-state index is 14.6. The van der Waals surface area contributed by atoms with Crippen molar-refractivity contribution in [1.29, 1.82) is 0 Å². The first-order valence-corrected chi connectivity index (χ1v) is 9.01. The minimum absolute atomic E-state index is 0.108. The summed E-state index contributed by atoms with van der Waals surface area (Å²) in [7, 11) is -2.48. The van der Waals surface area contributed by atoms with Crippen LogP contribution < -0.4 is 0 Å². The number of aromatic carboxylic acids is 1. The molecule has 0 amide bonds. The molecule has 0 saturated carbocycles. The standard InChI is InChI=1S/C16H17F7O3S/c1-4-9-10(13(24)25)5-6-11(12(9)27(26)7-8(2)3)14(17,15(18,19)20)16(21,22)23/h5-6,8H,4,7H2,1-3H3,(H,24,25). The molecule has 1 atom stereocenters. The van der Waals surface area contributed by atoms with E-state index in [1.165, 1.54) is 20.8 Å². The Bertz CT molecular complexity index is 725. The second-order valence-electron chi connectivity index (χ2n) is 6.19. The zero-order chi connectivity index (χ0) is 21.4. The molecule has 1 N–H and O–H groups in total. The van der Waals surface area contributed by atoms with Crippen molar-refractivity contribution in [3.8, 4) is 0 Å². The van der Waals surface area contributed by atoms with Gasteiger partial charge in [-0.25, -0.2) is 9.18 Å². The first kappa shape index (κ1) is 23.4. The molecule has 0 spiro atoms. The fraction of sp³-hybridized carbons (Fsp3) is 0.562. The predicted molar refractivity (Wildman–Crippen MR) is 83.8 cm³/mol. The second-order valence-corrected chi connectivity index (χ2v) is 7.62. The van der Waals surface area contributed by atoms with Crippen molar-refractivity contribution >= 4 is 16.8 Å². The molecular formula is C16H17F7O3S. The molecule has 0 aliphatic carbocycles. The fourth-order valence-corrected chi connectivity index (χ4v) is 4.32. The average molecular weight is 422 g/mol. The number of carbonyl (C=O) groups is 1. The van der Waals surface area contributed by atoms with E-state index < -0.39 is 62.3 Å². The van der Waals surface area contributed by atoms with E-state index in [2.05, 4.69) is 0 Å². The van der Waals surface area contributed by atoms with E-state index in [1.807, 2.05) is 0 Å². The lowest BCUT2D eigenvalue weighted by molar-refractivity contribution is -0.349. The Morgan fingerprint density at radius 3 is 1.89 bits per heavy atom. The van der Waals surface area contributed by atoms with Crippen molar-refractivity contribution < 1.29 is 44.8 Å². The van der Waals surface area contributed by atoms with Gasteiger partial charge < -0.3 is 5.11 Å². The zero-order valence-electron chi connectivity index (χ0n) is 14.5. The summed E-state index contributed by atoms with van der Waals surface area (Å²) in [5, 5.41) is 9.16. The molecule has 0 aromatic heterocycles. The number of alkyl halides is 7. The second kappa shape index (κ2) is 7.76. The van der Waals surface area contributed by atoms with Gasteiger partial charge in [-0.15, -0.1) is 0 Å². The number of halogens is 7. The van der Waals surface area contributed by atoms with Crippen LogP contribution in [0.5, 0.6) is 0 Å². The molecule has 0 aliphatic heterocycles. The minimum atomic E-state index is -6.39. The Kier molecular flexibility index (Phi) is 6.73. The number of hydrogen-bond acceptors (Lipinski definition) is 2. The fourth-order valence-electron chi connectivity index (χ4n) is 2.56. The largest absolute Gasteiger partial charge is 0.478 e. The third kappa shape index (κ3) is 4.27. The highest BCUT2D eigenvalue weighted by atomic mass is 32.2. The summed E-state index contributed by atoms with van der Waals surface area (Å²) in [6.07, 6.45) is -13.1. The molecule has 1 unspecified atom stereocenters. The number of hydrogen-bond donors (Lipinski definition) is 1. The van der Waals surface area contributed by atoms with Gasteiger partial charge in [0, 0.05) is 16.2 Å². The summed E-state index contributed by atoms with van der Waals surface area (Å²) >= 11 is 0. The summed E-state index contributed by atoms with van der Waals surface area (Å²) in [4.78, 5) is 10.2. The van der Waals surface area contributed by atoms with E-state index in [0.717, 1.165) is 0 Å². The number of carboxylic acid groups (broad SMARTS) is 1. The van der Waals surface area contributed by atoms with Gasteiger partial charge in [0.15, 0.2) is 0 Å². The van der Waals surface area contributed by atoms with Gasteiger partial charge in [-0.3, -0.25) is 4.21 Å². The van der Waals surface area contributed by atoms with Crippen LogP contribution in [0, 0.1) is 5.92 Å². The number of carboxylic acids is 1. The molecule has 0 radical (unpaired) electrons. The van der Waals surface area contributed by atoms with Crippen molar-refractivity contribution in [3.63, 3.8) is 0 Å². The highest BCUT2D eigenvalue weighted by molar-refractivity contribution is 7.85. The molecule has 11 heteroatoms. The van der Waals surface area contributed by atoms with E-state index in [-0.39, 0.29) is 18.2 Å². The van der Waals surface area contributed by atoms with Crippen LogP contribution in [0.15, 0.2) is 17.0 Å². The minimum Gasteiger partial charge on any atom is -0.478 e. The van der Waals surface area contributed by atoms with Crippen LogP contribution in [0.1, 0.15) is 42.3 Å². The molecular weight excluding hydrogens is 405 g/mol. The third-order valence-corrected chi connectivity index (χ3v) is 5.60. The zero-order valence-corrected chi connectivity index (χ0v) is 15.3. The highest BCUT2D eigenvalue weighted by Crippen LogP contribution is 2.55. The van der Waals surface area contributed by atoms with E-state index in [0.29, 0.717) is 6.07 Å². The molecule has 1 aromatic carbocycles. The Labute approximate surface area is 153 Å². The quantitative estimate of drug-likeness (QED) is 0.657. The Morgan fingerprint density at radius 1 is 1.07 bits per heavy atom. The Hall–Kier alpha value is -1.65. The lowest BCUT2D eigenvalue weighted by atomic mass is 9.90. The molecule has 0 fully saturated rings. The van der Waals surface area contributed by atoms with E-state index in [4.69, 9.17) is 5.11 Å². The van der Waals surface area contributed by atoms with E-state index >= 15 is 0 Å². The van der Waals surface area contributed by atoms with Gasteiger partial charge in [0.1, 0.15) is 0 Å². The van der Waals surface area contributed by atoms with Gasteiger partial charge in [-0.2, -0.15) is 26.3 Å². The molecule has 0 heterocycles. The van der Waals surface area contributed by atoms with E-state index in [1.54, 1.807) is 0 Å². The number of benzene rings is 1. The van der Waals surface area contributed by atoms with Crippen molar-refractivity contribution in [2.24, 2.45) is 5.92 Å². The lowest BCUT2D eigenvalue weighted by Gasteiger charge is -2.32. The van der Waals surface area contributed by atoms with Crippen LogP contribution in [0.3, 0.4) is 0 Å². The smallest absolute Gasteiger partial charge is 0.435 e. The van der Waals surface area contributed by atoms with Crippen molar-refractivity contribution in [2.45, 2.75) is 50.1 Å². The van der Waals surface area contributed by atoms with Gasteiger partial charge in [-0.05, 0) is 24.0 Å². The van der Waals surface area contributed by atoms with Crippen molar-refractivity contribution in [1.82, 2.24) is 0 Å². The van der Waals surface area contributed by atoms with Gasteiger partial charge in [0.05, 0.1) is 16.4 Å². The number of rotatable bonds is 6. The molecule has 0 aliphatic rings. The first-order valence-electron chi connectivity index (χ1n) is 7.69. The third-order valence-electron chi connectivity index (χ3n) is 3.71. The van der Waals surface area contributed by atoms with Crippen LogP contribution >= 0.6 is 0 Å². The summed E-state index contributed by atoms with van der Waals surface area (Å²) in [5.74, 6) is -2.41. The van der Waals surface area contributed by atoms with Crippen molar-refractivity contribution in [3.05, 3.63) is 28.8 Å². The van der Waals surface area contributed by atoms with Crippen LogP contribution in [-0.2, 0) is 22.9 Å². The molecule has 0 bridgehead atoms. The van der Waals surface area contributed by atoms with Crippen LogP contribution in [0.25, 0.3) is 0 Å². The Balaban J connectivity index is 4.03.